The Kier molecular flexibility index (Phi) is 5.91. The van der Waals surface area contributed by atoms with Gasteiger partial charge in [0.05, 0.1) is 5.69 Å². The smallest absolute Gasteiger partial charge is 0.244 e. The number of rotatable bonds is 4. The number of nitrogens with zero attached hydrogens (tertiary/aromatic N) is 3. The summed E-state index contributed by atoms with van der Waals surface area (Å²) in [4.78, 5) is 14.5. The highest BCUT2D eigenvalue weighted by molar-refractivity contribution is 6.32. The number of fused-ring (bicyclic) bond motifs is 1. The highest BCUT2D eigenvalue weighted by atomic mass is 35.5. The molecule has 4 rings (SSSR count). The summed E-state index contributed by atoms with van der Waals surface area (Å²) in [5, 5.41) is 12.6. The van der Waals surface area contributed by atoms with Gasteiger partial charge in [-0.15, -0.1) is 5.10 Å². The van der Waals surface area contributed by atoms with E-state index in [0.29, 0.717) is 5.02 Å². The molecular formula is C22H25ClN4O. The number of hydrogen-bond acceptors (Lipinski definition) is 4. The van der Waals surface area contributed by atoms with Crippen molar-refractivity contribution in [2.24, 2.45) is 0 Å². The Hall–Kier alpha value is -2.40. The molecule has 1 aromatic carbocycles. The Morgan fingerprint density at radius 2 is 1.93 bits per heavy atom. The van der Waals surface area contributed by atoms with Gasteiger partial charge in [-0.1, -0.05) is 29.8 Å². The molecule has 1 aromatic heterocycles. The second-order valence-corrected chi connectivity index (χ2v) is 7.91. The first-order chi connectivity index (χ1) is 13.7. The third-order valence-electron chi connectivity index (χ3n) is 5.54. The lowest BCUT2D eigenvalue weighted by atomic mass is 9.96. The van der Waals surface area contributed by atoms with E-state index < -0.39 is 0 Å². The summed E-state index contributed by atoms with van der Waals surface area (Å²) in [6.07, 6.45) is 9.76. The Bertz CT molecular complexity index is 875. The molecule has 1 saturated heterocycles. The molecule has 5 nitrogen and oxygen atoms in total. The van der Waals surface area contributed by atoms with Crippen molar-refractivity contribution in [3.05, 3.63) is 58.3 Å². The van der Waals surface area contributed by atoms with E-state index >= 15 is 0 Å². The van der Waals surface area contributed by atoms with Crippen LogP contribution in [0.25, 0.3) is 6.08 Å². The van der Waals surface area contributed by atoms with Crippen molar-refractivity contribution in [2.45, 2.75) is 44.6 Å². The van der Waals surface area contributed by atoms with Gasteiger partial charge >= 0.3 is 0 Å². The monoisotopic (exact) mass is 396 g/mol. The van der Waals surface area contributed by atoms with Crippen molar-refractivity contribution in [1.82, 2.24) is 15.5 Å². The van der Waals surface area contributed by atoms with Crippen LogP contribution in [0.4, 0.5) is 5.82 Å². The predicted molar refractivity (Wildman–Crippen MR) is 113 cm³/mol. The molecule has 1 N–H and O–H groups in total. The molecule has 1 aliphatic heterocycles. The third kappa shape index (κ3) is 4.53. The zero-order chi connectivity index (χ0) is 19.3. The molecule has 1 aliphatic carbocycles. The molecule has 0 bridgehead atoms. The summed E-state index contributed by atoms with van der Waals surface area (Å²) < 4.78 is 0. The molecule has 2 aromatic rings. The minimum atomic E-state index is -0.0769. The van der Waals surface area contributed by atoms with Crippen molar-refractivity contribution < 1.29 is 4.79 Å². The number of anilines is 1. The van der Waals surface area contributed by atoms with Crippen LogP contribution in [0.5, 0.6) is 0 Å². The van der Waals surface area contributed by atoms with Crippen LogP contribution in [0.15, 0.2) is 36.4 Å². The molecule has 0 radical (unpaired) electrons. The summed E-state index contributed by atoms with van der Waals surface area (Å²) in [7, 11) is 0. The zero-order valence-electron chi connectivity index (χ0n) is 15.9. The summed E-state index contributed by atoms with van der Waals surface area (Å²) in [5.41, 5.74) is 3.37. The molecule has 6 heteroatoms. The number of nitrogens with one attached hydrogen (secondary N) is 1. The Labute approximate surface area is 170 Å². The maximum atomic E-state index is 12.2. The van der Waals surface area contributed by atoms with Gasteiger partial charge in [-0.2, -0.15) is 5.10 Å². The molecule has 146 valence electrons. The fourth-order valence-electron chi connectivity index (χ4n) is 3.91. The number of amides is 1. The van der Waals surface area contributed by atoms with E-state index in [1.54, 1.807) is 12.2 Å². The Morgan fingerprint density at radius 1 is 1.14 bits per heavy atom. The van der Waals surface area contributed by atoms with E-state index in [1.807, 2.05) is 24.3 Å². The number of aromatic nitrogens is 2. The predicted octanol–water partition coefficient (Wildman–Crippen LogP) is 3.81. The highest BCUT2D eigenvalue weighted by Crippen LogP contribution is 2.24. The van der Waals surface area contributed by atoms with Crippen molar-refractivity contribution >= 4 is 29.4 Å². The van der Waals surface area contributed by atoms with Crippen molar-refractivity contribution in [3.63, 3.8) is 0 Å². The molecule has 2 aliphatic rings. The Balaban J connectivity index is 1.29. The van der Waals surface area contributed by atoms with Gasteiger partial charge < -0.3 is 10.2 Å². The quantitative estimate of drug-likeness (QED) is 0.798. The van der Waals surface area contributed by atoms with Crippen molar-refractivity contribution in [2.75, 3.05) is 18.0 Å². The SMILES string of the molecule is O=C(/C=C/c1ccccc1Cl)NC1CCN(c2cc3c(nn2)CCCC3)CC1. The van der Waals surface area contributed by atoms with Gasteiger partial charge in [0.1, 0.15) is 0 Å². The number of halogens is 1. The maximum Gasteiger partial charge on any atom is 0.244 e. The van der Waals surface area contributed by atoms with Gasteiger partial charge in [-0.25, -0.2) is 0 Å². The lowest BCUT2D eigenvalue weighted by Crippen LogP contribution is -2.44. The minimum Gasteiger partial charge on any atom is -0.355 e. The average molecular weight is 397 g/mol. The lowest BCUT2D eigenvalue weighted by Gasteiger charge is -2.33. The fourth-order valence-corrected chi connectivity index (χ4v) is 4.11. The van der Waals surface area contributed by atoms with E-state index in [9.17, 15) is 4.79 Å². The maximum absolute atomic E-state index is 12.2. The molecule has 0 saturated carbocycles. The first kappa shape index (κ1) is 18.9. The number of hydrogen-bond donors (Lipinski definition) is 1. The number of carbonyl (C=O) groups is 1. The molecule has 1 fully saturated rings. The first-order valence-electron chi connectivity index (χ1n) is 10.0. The average Bonchev–Trinajstić information content (AvgIpc) is 2.73. The van der Waals surface area contributed by atoms with Crippen LogP contribution >= 0.6 is 11.6 Å². The number of piperidine rings is 1. The second kappa shape index (κ2) is 8.74. The summed E-state index contributed by atoms with van der Waals surface area (Å²) in [5.74, 6) is 0.899. The number of benzene rings is 1. The molecule has 1 amide bonds. The van der Waals surface area contributed by atoms with E-state index in [0.717, 1.165) is 50.2 Å². The van der Waals surface area contributed by atoms with Gasteiger partial charge in [-0.05, 0) is 67.9 Å². The molecule has 2 heterocycles. The zero-order valence-corrected chi connectivity index (χ0v) is 16.7. The first-order valence-corrected chi connectivity index (χ1v) is 10.4. The fraction of sp³-hybridized carbons (Fsp3) is 0.409. The van der Waals surface area contributed by atoms with E-state index in [-0.39, 0.29) is 11.9 Å². The summed E-state index contributed by atoms with van der Waals surface area (Å²) >= 11 is 6.12. The van der Waals surface area contributed by atoms with E-state index in [4.69, 9.17) is 11.6 Å². The van der Waals surface area contributed by atoms with Gasteiger partial charge in [0.2, 0.25) is 5.91 Å². The molecule has 28 heavy (non-hydrogen) atoms. The van der Waals surface area contributed by atoms with Gasteiger partial charge in [-0.3, -0.25) is 4.79 Å². The Morgan fingerprint density at radius 3 is 2.75 bits per heavy atom. The summed E-state index contributed by atoms with van der Waals surface area (Å²) in [6.45, 7) is 1.76. The van der Waals surface area contributed by atoms with Crippen LogP contribution in [0.1, 0.15) is 42.5 Å². The minimum absolute atomic E-state index is 0.0769. The summed E-state index contributed by atoms with van der Waals surface area (Å²) in [6, 6.07) is 9.89. The van der Waals surface area contributed by atoms with Gasteiger partial charge in [0, 0.05) is 30.2 Å². The van der Waals surface area contributed by atoms with Crippen LogP contribution in [0.2, 0.25) is 5.02 Å². The largest absolute Gasteiger partial charge is 0.355 e. The van der Waals surface area contributed by atoms with Crippen LogP contribution < -0.4 is 10.2 Å². The van der Waals surface area contributed by atoms with E-state index in [2.05, 4.69) is 26.5 Å². The molecule has 0 atom stereocenters. The van der Waals surface area contributed by atoms with E-state index in [1.165, 1.54) is 24.1 Å². The standard InChI is InChI=1S/C22H25ClN4O/c23-19-7-3-1-5-16(19)9-10-22(28)24-18-11-13-27(14-12-18)21-15-17-6-2-4-8-20(17)25-26-21/h1,3,5,7,9-10,15,18H,2,4,6,8,11-14H2,(H,24,28)/b10-9+. The van der Waals surface area contributed by atoms with Gasteiger partial charge in [0.15, 0.2) is 5.82 Å². The normalized spacial score (nSPS) is 17.5. The topological polar surface area (TPSA) is 58.1 Å². The molecule has 0 unspecified atom stereocenters. The van der Waals surface area contributed by atoms with Crippen LogP contribution in [-0.2, 0) is 17.6 Å². The molecule has 0 spiro atoms. The third-order valence-corrected chi connectivity index (χ3v) is 5.89. The molecular weight excluding hydrogens is 372 g/mol. The van der Waals surface area contributed by atoms with Crippen molar-refractivity contribution in [3.8, 4) is 0 Å². The highest BCUT2D eigenvalue weighted by Gasteiger charge is 2.22. The van der Waals surface area contributed by atoms with Crippen LogP contribution in [-0.4, -0.2) is 35.2 Å². The van der Waals surface area contributed by atoms with Gasteiger partial charge in [0.25, 0.3) is 0 Å². The number of aryl methyl sites for hydroxylation is 2. The van der Waals surface area contributed by atoms with Crippen LogP contribution in [0, 0.1) is 0 Å². The van der Waals surface area contributed by atoms with Crippen LogP contribution in [0.3, 0.4) is 0 Å². The lowest BCUT2D eigenvalue weighted by molar-refractivity contribution is -0.117. The van der Waals surface area contributed by atoms with Crippen molar-refractivity contribution in [1.29, 1.82) is 0 Å². The second-order valence-electron chi connectivity index (χ2n) is 7.51. The number of carbonyl (C=O) groups excluding carboxylic acids is 1.